The van der Waals surface area contributed by atoms with E-state index in [-0.39, 0.29) is 11.9 Å². The second-order valence-electron chi connectivity index (χ2n) is 8.12. The third-order valence-corrected chi connectivity index (χ3v) is 5.26. The summed E-state index contributed by atoms with van der Waals surface area (Å²) in [6.45, 7) is 6.32. The van der Waals surface area contributed by atoms with Crippen molar-refractivity contribution in [3.05, 3.63) is 35.4 Å². The van der Waals surface area contributed by atoms with Crippen molar-refractivity contribution in [3.8, 4) is 0 Å². The lowest BCUT2D eigenvalue weighted by Gasteiger charge is -2.13. The standard InChI is InChI=1S/C25H41NO3/c1-4-5-6-7-8-9-10-11-12-13-14-15-20-29-25(28)22(3)26-24(27)23-18-16-21(2)17-19-23/h16-19,22H,4-15,20H2,1-3H3,(H,26,27). The van der Waals surface area contributed by atoms with Crippen LogP contribution in [0.5, 0.6) is 0 Å². The predicted octanol–water partition coefficient (Wildman–Crippen LogP) is 6.36. The molecule has 1 aromatic carbocycles. The number of esters is 1. The van der Waals surface area contributed by atoms with Gasteiger partial charge in [0.05, 0.1) is 6.61 Å². The zero-order valence-corrected chi connectivity index (χ0v) is 18.8. The molecule has 1 N–H and O–H groups in total. The minimum Gasteiger partial charge on any atom is -0.464 e. The van der Waals surface area contributed by atoms with Crippen LogP contribution in [0.15, 0.2) is 24.3 Å². The van der Waals surface area contributed by atoms with Crippen molar-refractivity contribution in [2.24, 2.45) is 0 Å². The number of aryl methyl sites for hydroxylation is 1. The topological polar surface area (TPSA) is 55.4 Å². The Balaban J connectivity index is 1.99. The number of amides is 1. The van der Waals surface area contributed by atoms with Crippen LogP contribution in [0.25, 0.3) is 0 Å². The number of hydrogen-bond donors (Lipinski definition) is 1. The summed E-state index contributed by atoms with van der Waals surface area (Å²) < 4.78 is 5.30. The van der Waals surface area contributed by atoms with E-state index >= 15 is 0 Å². The average Bonchev–Trinajstić information content (AvgIpc) is 2.71. The summed E-state index contributed by atoms with van der Waals surface area (Å²) >= 11 is 0. The molecule has 0 aliphatic carbocycles. The van der Waals surface area contributed by atoms with Gasteiger partial charge in [-0.3, -0.25) is 4.79 Å². The first-order chi connectivity index (χ1) is 14.0. The fraction of sp³-hybridized carbons (Fsp3) is 0.680. The molecule has 0 bridgehead atoms. The number of rotatable bonds is 16. The van der Waals surface area contributed by atoms with Gasteiger partial charge in [0.2, 0.25) is 0 Å². The van der Waals surface area contributed by atoms with E-state index in [1.807, 2.05) is 19.1 Å². The number of benzene rings is 1. The Morgan fingerprint density at radius 3 is 1.83 bits per heavy atom. The Hall–Kier alpha value is -1.84. The molecule has 0 aliphatic heterocycles. The summed E-state index contributed by atoms with van der Waals surface area (Å²) in [4.78, 5) is 24.2. The van der Waals surface area contributed by atoms with Crippen molar-refractivity contribution in [2.75, 3.05) is 6.61 Å². The number of carbonyl (C=O) groups excluding carboxylic acids is 2. The molecule has 1 amide bonds. The molecule has 164 valence electrons. The number of hydrogen-bond acceptors (Lipinski definition) is 3. The van der Waals surface area contributed by atoms with E-state index in [4.69, 9.17) is 4.74 Å². The van der Waals surface area contributed by atoms with Crippen LogP contribution in [0.4, 0.5) is 0 Å². The van der Waals surface area contributed by atoms with Crippen molar-refractivity contribution in [1.82, 2.24) is 5.32 Å². The minimum absolute atomic E-state index is 0.250. The third kappa shape index (κ3) is 12.4. The molecule has 4 nitrogen and oxygen atoms in total. The molecule has 0 fully saturated rings. The quantitative estimate of drug-likeness (QED) is 0.258. The predicted molar refractivity (Wildman–Crippen MR) is 120 cm³/mol. The molecule has 0 aromatic heterocycles. The van der Waals surface area contributed by atoms with Crippen LogP contribution >= 0.6 is 0 Å². The summed E-state index contributed by atoms with van der Waals surface area (Å²) in [7, 11) is 0. The van der Waals surface area contributed by atoms with Gasteiger partial charge in [0.15, 0.2) is 0 Å². The molecular weight excluding hydrogens is 362 g/mol. The molecular formula is C25H41NO3. The van der Waals surface area contributed by atoms with Crippen molar-refractivity contribution >= 4 is 11.9 Å². The van der Waals surface area contributed by atoms with Gasteiger partial charge in [0.1, 0.15) is 6.04 Å². The van der Waals surface area contributed by atoms with Gasteiger partial charge in [0, 0.05) is 5.56 Å². The lowest BCUT2D eigenvalue weighted by atomic mass is 10.1. The molecule has 0 heterocycles. The van der Waals surface area contributed by atoms with Gasteiger partial charge in [-0.15, -0.1) is 0 Å². The highest BCUT2D eigenvalue weighted by atomic mass is 16.5. The Bertz CT molecular complexity index is 568. The smallest absolute Gasteiger partial charge is 0.328 e. The second kappa shape index (κ2) is 16.0. The number of unbranched alkanes of at least 4 members (excludes halogenated alkanes) is 11. The van der Waals surface area contributed by atoms with E-state index in [0.717, 1.165) is 18.4 Å². The molecule has 0 spiro atoms. The lowest BCUT2D eigenvalue weighted by molar-refractivity contribution is -0.145. The number of carbonyl (C=O) groups is 2. The van der Waals surface area contributed by atoms with Gasteiger partial charge in [-0.25, -0.2) is 4.79 Å². The van der Waals surface area contributed by atoms with Crippen LogP contribution in [-0.2, 0) is 9.53 Å². The monoisotopic (exact) mass is 403 g/mol. The summed E-state index contributed by atoms with van der Waals surface area (Å²) in [6.07, 6.45) is 15.3. The fourth-order valence-corrected chi connectivity index (χ4v) is 3.28. The normalized spacial score (nSPS) is 11.8. The highest BCUT2D eigenvalue weighted by molar-refractivity contribution is 5.96. The van der Waals surface area contributed by atoms with Crippen LogP contribution in [0.3, 0.4) is 0 Å². The molecule has 0 saturated carbocycles. The van der Waals surface area contributed by atoms with Crippen molar-refractivity contribution < 1.29 is 14.3 Å². The second-order valence-corrected chi connectivity index (χ2v) is 8.12. The zero-order valence-electron chi connectivity index (χ0n) is 18.8. The van der Waals surface area contributed by atoms with Crippen molar-refractivity contribution in [1.29, 1.82) is 0 Å². The largest absolute Gasteiger partial charge is 0.464 e. The first-order valence-electron chi connectivity index (χ1n) is 11.6. The van der Waals surface area contributed by atoms with E-state index in [2.05, 4.69) is 12.2 Å². The van der Waals surface area contributed by atoms with Crippen LogP contribution in [0.2, 0.25) is 0 Å². The van der Waals surface area contributed by atoms with E-state index in [0.29, 0.717) is 12.2 Å². The molecule has 1 aromatic rings. The Morgan fingerprint density at radius 2 is 1.31 bits per heavy atom. The Morgan fingerprint density at radius 1 is 0.828 bits per heavy atom. The Kier molecular flexibility index (Phi) is 13.9. The first kappa shape index (κ1) is 25.2. The SMILES string of the molecule is CCCCCCCCCCCCCCOC(=O)C(C)NC(=O)c1ccc(C)cc1. The van der Waals surface area contributed by atoms with Gasteiger partial charge < -0.3 is 10.1 Å². The molecule has 1 unspecified atom stereocenters. The number of nitrogens with one attached hydrogen (secondary N) is 1. The molecule has 1 rings (SSSR count). The highest BCUT2D eigenvalue weighted by Crippen LogP contribution is 2.12. The maximum absolute atomic E-state index is 12.1. The van der Waals surface area contributed by atoms with Crippen LogP contribution in [0.1, 0.15) is 107 Å². The third-order valence-electron chi connectivity index (χ3n) is 5.26. The zero-order chi connectivity index (χ0) is 21.3. The van der Waals surface area contributed by atoms with Crippen LogP contribution in [-0.4, -0.2) is 24.5 Å². The highest BCUT2D eigenvalue weighted by Gasteiger charge is 2.17. The minimum atomic E-state index is -0.638. The van der Waals surface area contributed by atoms with E-state index in [9.17, 15) is 9.59 Å². The number of ether oxygens (including phenoxy) is 1. The van der Waals surface area contributed by atoms with Crippen molar-refractivity contribution in [2.45, 2.75) is 104 Å². The van der Waals surface area contributed by atoms with E-state index in [1.165, 1.54) is 64.2 Å². The molecule has 0 saturated heterocycles. The van der Waals surface area contributed by atoms with Gasteiger partial charge in [-0.2, -0.15) is 0 Å². The van der Waals surface area contributed by atoms with Gasteiger partial charge in [0.25, 0.3) is 5.91 Å². The van der Waals surface area contributed by atoms with Crippen LogP contribution in [0, 0.1) is 6.92 Å². The van der Waals surface area contributed by atoms with Crippen molar-refractivity contribution in [3.63, 3.8) is 0 Å². The Labute approximate surface area is 177 Å². The summed E-state index contributed by atoms with van der Waals surface area (Å²) in [5.41, 5.74) is 1.65. The maximum Gasteiger partial charge on any atom is 0.328 e. The maximum atomic E-state index is 12.1. The summed E-state index contributed by atoms with van der Waals surface area (Å²) in [6, 6.07) is 6.64. The first-order valence-corrected chi connectivity index (χ1v) is 11.6. The average molecular weight is 404 g/mol. The fourth-order valence-electron chi connectivity index (χ4n) is 3.28. The van der Waals surface area contributed by atoms with Crippen LogP contribution < -0.4 is 5.32 Å². The van der Waals surface area contributed by atoms with Gasteiger partial charge in [-0.1, -0.05) is 95.2 Å². The molecule has 0 aliphatic rings. The lowest BCUT2D eigenvalue weighted by Crippen LogP contribution is -2.39. The summed E-state index contributed by atoms with van der Waals surface area (Å²) in [5, 5.41) is 2.70. The van der Waals surface area contributed by atoms with E-state index < -0.39 is 6.04 Å². The van der Waals surface area contributed by atoms with E-state index in [1.54, 1.807) is 19.1 Å². The molecule has 1 atom stereocenters. The molecule has 0 radical (unpaired) electrons. The molecule has 4 heteroatoms. The summed E-state index contributed by atoms with van der Waals surface area (Å²) in [5.74, 6) is -0.617. The van der Waals surface area contributed by atoms with Gasteiger partial charge >= 0.3 is 5.97 Å². The van der Waals surface area contributed by atoms with Gasteiger partial charge in [-0.05, 0) is 32.4 Å². The molecule has 29 heavy (non-hydrogen) atoms.